The van der Waals surface area contributed by atoms with Crippen LogP contribution in [0.5, 0.6) is 0 Å². The second-order valence-corrected chi connectivity index (χ2v) is 7.07. The zero-order valence-electron chi connectivity index (χ0n) is 12.5. The number of hydrogen-bond acceptors (Lipinski definition) is 1. The summed E-state index contributed by atoms with van der Waals surface area (Å²) in [6, 6.07) is 5.07. The Morgan fingerprint density at radius 2 is 1.95 bits per heavy atom. The fraction of sp³-hybridized carbons (Fsp3) is 0.647. The van der Waals surface area contributed by atoms with Crippen LogP contribution in [0, 0.1) is 17.2 Å². The molecule has 112 valence electrons. The molecule has 2 rings (SSSR count). The highest BCUT2D eigenvalue weighted by atomic mass is 35.5. The molecule has 0 spiro atoms. The molecular formula is C17H25ClFN. The standard InChI is InChI=1S/C17H25ClFN/c1-12(2)11-17(8-3-4-9-17)15(20)10-13-6-5-7-14(19)16(13)18/h5-7,12,15H,3-4,8-11,20H2,1-2H3. The lowest BCUT2D eigenvalue weighted by Crippen LogP contribution is -2.42. The molecule has 0 saturated heterocycles. The summed E-state index contributed by atoms with van der Waals surface area (Å²) in [5, 5.41) is 0.237. The lowest BCUT2D eigenvalue weighted by atomic mass is 9.71. The summed E-state index contributed by atoms with van der Waals surface area (Å²) < 4.78 is 13.5. The Balaban J connectivity index is 2.16. The first-order valence-electron chi connectivity index (χ1n) is 7.63. The molecule has 1 fully saturated rings. The molecule has 1 atom stereocenters. The van der Waals surface area contributed by atoms with Gasteiger partial charge in [0, 0.05) is 6.04 Å². The van der Waals surface area contributed by atoms with Crippen LogP contribution in [0.25, 0.3) is 0 Å². The fourth-order valence-electron chi connectivity index (χ4n) is 3.78. The topological polar surface area (TPSA) is 26.0 Å². The molecule has 20 heavy (non-hydrogen) atoms. The van der Waals surface area contributed by atoms with Crippen molar-refractivity contribution >= 4 is 11.6 Å². The van der Waals surface area contributed by atoms with Crippen LogP contribution in [0.15, 0.2) is 18.2 Å². The van der Waals surface area contributed by atoms with E-state index in [9.17, 15) is 4.39 Å². The molecule has 1 nitrogen and oxygen atoms in total. The van der Waals surface area contributed by atoms with Gasteiger partial charge in [-0.15, -0.1) is 0 Å². The first-order chi connectivity index (χ1) is 9.44. The predicted molar refractivity (Wildman–Crippen MR) is 83.4 cm³/mol. The fourth-order valence-corrected chi connectivity index (χ4v) is 3.98. The van der Waals surface area contributed by atoms with Crippen LogP contribution in [-0.4, -0.2) is 6.04 Å². The number of halogens is 2. The molecule has 0 aliphatic heterocycles. The number of benzene rings is 1. The van der Waals surface area contributed by atoms with Crippen molar-refractivity contribution in [1.29, 1.82) is 0 Å². The second-order valence-electron chi connectivity index (χ2n) is 6.69. The van der Waals surface area contributed by atoms with E-state index in [0.29, 0.717) is 12.3 Å². The van der Waals surface area contributed by atoms with Gasteiger partial charge < -0.3 is 5.73 Å². The summed E-state index contributed by atoms with van der Waals surface area (Å²) in [6.45, 7) is 4.50. The van der Waals surface area contributed by atoms with Gasteiger partial charge in [-0.3, -0.25) is 0 Å². The highest BCUT2D eigenvalue weighted by molar-refractivity contribution is 6.31. The summed E-state index contributed by atoms with van der Waals surface area (Å²) in [7, 11) is 0. The van der Waals surface area contributed by atoms with Crippen molar-refractivity contribution in [1.82, 2.24) is 0 Å². The largest absolute Gasteiger partial charge is 0.327 e. The minimum atomic E-state index is -0.347. The lowest BCUT2D eigenvalue weighted by Gasteiger charge is -2.37. The molecule has 3 heteroatoms. The molecule has 1 aromatic rings. The van der Waals surface area contributed by atoms with Crippen molar-refractivity contribution in [2.24, 2.45) is 17.1 Å². The minimum Gasteiger partial charge on any atom is -0.327 e. The Labute approximate surface area is 126 Å². The maximum Gasteiger partial charge on any atom is 0.142 e. The van der Waals surface area contributed by atoms with Gasteiger partial charge in [-0.05, 0) is 48.6 Å². The Morgan fingerprint density at radius 1 is 1.30 bits per heavy atom. The Bertz CT molecular complexity index is 452. The molecule has 1 unspecified atom stereocenters. The smallest absolute Gasteiger partial charge is 0.142 e. The van der Waals surface area contributed by atoms with E-state index in [0.717, 1.165) is 12.0 Å². The highest BCUT2D eigenvalue weighted by Crippen LogP contribution is 2.46. The van der Waals surface area contributed by atoms with Gasteiger partial charge in [-0.1, -0.05) is 50.4 Å². The van der Waals surface area contributed by atoms with Gasteiger partial charge in [0.1, 0.15) is 5.82 Å². The summed E-state index contributed by atoms with van der Waals surface area (Å²) in [5.41, 5.74) is 7.59. The van der Waals surface area contributed by atoms with Crippen molar-refractivity contribution < 1.29 is 4.39 Å². The van der Waals surface area contributed by atoms with Gasteiger partial charge in [-0.2, -0.15) is 0 Å². The van der Waals surface area contributed by atoms with Crippen molar-refractivity contribution in [2.75, 3.05) is 0 Å². The van der Waals surface area contributed by atoms with Crippen molar-refractivity contribution in [3.8, 4) is 0 Å². The van der Waals surface area contributed by atoms with Crippen LogP contribution in [0.2, 0.25) is 5.02 Å². The average molecular weight is 298 g/mol. The van der Waals surface area contributed by atoms with E-state index in [1.807, 2.05) is 6.07 Å². The SMILES string of the molecule is CC(C)CC1(C(N)Cc2cccc(F)c2Cl)CCCC1. The second kappa shape index (κ2) is 6.44. The molecule has 2 N–H and O–H groups in total. The van der Waals surface area contributed by atoms with Crippen LogP contribution >= 0.6 is 11.6 Å². The average Bonchev–Trinajstić information content (AvgIpc) is 2.84. The third-order valence-corrected chi connectivity index (χ3v) is 5.10. The summed E-state index contributed by atoms with van der Waals surface area (Å²) in [5.74, 6) is 0.294. The molecule has 0 heterocycles. The Hall–Kier alpha value is -0.600. The molecule has 0 bridgehead atoms. The van der Waals surface area contributed by atoms with Gasteiger partial charge in [0.05, 0.1) is 5.02 Å². The zero-order chi connectivity index (χ0) is 14.8. The van der Waals surface area contributed by atoms with Gasteiger partial charge >= 0.3 is 0 Å². The van der Waals surface area contributed by atoms with Gasteiger partial charge in [0.15, 0.2) is 0 Å². The number of nitrogens with two attached hydrogens (primary N) is 1. The van der Waals surface area contributed by atoms with Crippen LogP contribution in [0.3, 0.4) is 0 Å². The van der Waals surface area contributed by atoms with Gasteiger partial charge in [0.25, 0.3) is 0 Å². The van der Waals surface area contributed by atoms with E-state index in [-0.39, 0.29) is 22.3 Å². The van der Waals surface area contributed by atoms with Crippen LogP contribution in [-0.2, 0) is 6.42 Å². The van der Waals surface area contributed by atoms with Gasteiger partial charge in [0.2, 0.25) is 0 Å². The quantitative estimate of drug-likeness (QED) is 0.817. The summed E-state index contributed by atoms with van der Waals surface area (Å²) >= 11 is 6.06. The lowest BCUT2D eigenvalue weighted by molar-refractivity contribution is 0.181. The van der Waals surface area contributed by atoms with E-state index < -0.39 is 0 Å². The van der Waals surface area contributed by atoms with Crippen molar-refractivity contribution in [3.63, 3.8) is 0 Å². The van der Waals surface area contributed by atoms with E-state index >= 15 is 0 Å². The minimum absolute atomic E-state index is 0.0618. The van der Waals surface area contributed by atoms with Crippen molar-refractivity contribution in [2.45, 2.75) is 58.4 Å². The zero-order valence-corrected chi connectivity index (χ0v) is 13.2. The normalized spacial score (nSPS) is 19.5. The van der Waals surface area contributed by atoms with Crippen molar-refractivity contribution in [3.05, 3.63) is 34.6 Å². The summed E-state index contributed by atoms with van der Waals surface area (Å²) in [4.78, 5) is 0. The van der Waals surface area contributed by atoms with E-state index in [4.69, 9.17) is 17.3 Å². The number of rotatable bonds is 5. The first kappa shape index (κ1) is 15.8. The van der Waals surface area contributed by atoms with Crippen LogP contribution in [0.4, 0.5) is 4.39 Å². The monoisotopic (exact) mass is 297 g/mol. The van der Waals surface area contributed by atoms with Crippen LogP contribution in [0.1, 0.15) is 51.5 Å². The predicted octanol–water partition coefficient (Wildman–Crippen LogP) is 4.96. The molecule has 0 amide bonds. The molecule has 1 saturated carbocycles. The van der Waals surface area contributed by atoms with Crippen LogP contribution < -0.4 is 5.73 Å². The molecule has 0 aromatic heterocycles. The first-order valence-corrected chi connectivity index (χ1v) is 8.01. The van der Waals surface area contributed by atoms with E-state index in [1.54, 1.807) is 6.07 Å². The molecule has 1 aliphatic rings. The molecular weight excluding hydrogens is 273 g/mol. The maximum absolute atomic E-state index is 13.5. The molecule has 0 radical (unpaired) electrons. The number of hydrogen-bond donors (Lipinski definition) is 1. The van der Waals surface area contributed by atoms with Gasteiger partial charge in [-0.25, -0.2) is 4.39 Å². The van der Waals surface area contributed by atoms with E-state index in [2.05, 4.69) is 13.8 Å². The third-order valence-electron chi connectivity index (χ3n) is 4.67. The Morgan fingerprint density at radius 3 is 2.55 bits per heavy atom. The Kier molecular flexibility index (Phi) is 5.09. The van der Waals surface area contributed by atoms with E-state index in [1.165, 1.54) is 31.7 Å². The molecule has 1 aromatic carbocycles. The third kappa shape index (κ3) is 3.35. The highest BCUT2D eigenvalue weighted by Gasteiger charge is 2.39. The maximum atomic E-state index is 13.5. The molecule has 1 aliphatic carbocycles. The summed E-state index contributed by atoms with van der Waals surface area (Å²) in [6.07, 6.45) is 6.73.